The molecule has 0 amide bonds. The van der Waals surface area contributed by atoms with Crippen molar-refractivity contribution in [2.75, 3.05) is 0 Å². The summed E-state index contributed by atoms with van der Waals surface area (Å²) in [4.78, 5) is 12.0. The second-order valence-electron chi connectivity index (χ2n) is 9.06. The summed E-state index contributed by atoms with van der Waals surface area (Å²) in [7, 11) is 0. The molecule has 21 heavy (non-hydrogen) atoms. The van der Waals surface area contributed by atoms with Crippen LogP contribution >= 0.6 is 0 Å². The molecule has 0 aromatic heterocycles. The largest absolute Gasteiger partial charge is 0.299 e. The van der Waals surface area contributed by atoms with Gasteiger partial charge < -0.3 is 0 Å². The third-order valence-corrected chi connectivity index (χ3v) is 8.08. The molecule has 3 fully saturated rings. The van der Waals surface area contributed by atoms with Gasteiger partial charge in [0.05, 0.1) is 0 Å². The molecule has 1 heteroatoms. The number of Topliss-reactive ketones (excluding diaryl/α,β-unsaturated/α-hetero) is 1. The van der Waals surface area contributed by atoms with Crippen LogP contribution in [-0.4, -0.2) is 5.78 Å². The lowest BCUT2D eigenvalue weighted by Crippen LogP contribution is -2.49. The van der Waals surface area contributed by atoms with Gasteiger partial charge in [0.15, 0.2) is 0 Å². The molecule has 4 rings (SSSR count). The first-order valence-electron chi connectivity index (χ1n) is 9.15. The number of hydrogen-bond acceptors (Lipinski definition) is 1. The Kier molecular flexibility index (Phi) is 2.98. The van der Waals surface area contributed by atoms with Gasteiger partial charge in [-0.15, -0.1) is 0 Å². The van der Waals surface area contributed by atoms with E-state index in [1.165, 1.54) is 38.5 Å². The van der Waals surface area contributed by atoms with Crippen LogP contribution in [0.4, 0.5) is 0 Å². The Balaban J connectivity index is 1.75. The van der Waals surface area contributed by atoms with Crippen molar-refractivity contribution in [3.8, 4) is 0 Å². The molecule has 0 bridgehead atoms. The molecule has 0 aromatic rings. The predicted molar refractivity (Wildman–Crippen MR) is 85.9 cm³/mol. The summed E-state index contributed by atoms with van der Waals surface area (Å²) in [6.45, 7) is 7.41. The third-order valence-electron chi connectivity index (χ3n) is 8.08. The van der Waals surface area contributed by atoms with E-state index in [-0.39, 0.29) is 0 Å². The molecule has 0 unspecified atom stereocenters. The first-order chi connectivity index (χ1) is 9.94. The first kappa shape index (κ1) is 14.0. The summed E-state index contributed by atoms with van der Waals surface area (Å²) in [6, 6.07) is 0. The zero-order valence-corrected chi connectivity index (χ0v) is 14.0. The number of fused-ring (bicyclic) bond motifs is 5. The summed E-state index contributed by atoms with van der Waals surface area (Å²) in [5.41, 5.74) is 4.13. The Morgan fingerprint density at radius 1 is 1.05 bits per heavy atom. The fraction of sp³-hybridized carbons (Fsp3) is 0.850. The van der Waals surface area contributed by atoms with E-state index >= 15 is 0 Å². The number of carbonyl (C=O) groups is 1. The first-order valence-corrected chi connectivity index (χ1v) is 9.15. The number of hydrogen-bond donors (Lipinski definition) is 0. The van der Waals surface area contributed by atoms with Gasteiger partial charge >= 0.3 is 0 Å². The van der Waals surface area contributed by atoms with Crippen LogP contribution in [-0.2, 0) is 4.79 Å². The third kappa shape index (κ3) is 1.85. The van der Waals surface area contributed by atoms with Crippen LogP contribution in [0.2, 0.25) is 0 Å². The Labute approximate surface area is 129 Å². The summed E-state index contributed by atoms with van der Waals surface area (Å²) in [6.07, 6.45) is 11.3. The maximum absolute atomic E-state index is 12.0. The standard InChI is InChI=1S/C20H30O/c1-13-11-15-16-5-4-8-19(16,2)9-7-17(15)20(3)10-6-14(21)12-18(13)20/h15-17H,4-12H2,1-3H3/t15-,16-,17-,19-,20+/m0/s1. The van der Waals surface area contributed by atoms with Crippen molar-refractivity contribution in [2.45, 2.75) is 78.6 Å². The Morgan fingerprint density at radius 2 is 1.86 bits per heavy atom. The molecule has 4 aliphatic rings. The molecule has 0 aromatic carbocycles. The van der Waals surface area contributed by atoms with E-state index in [9.17, 15) is 4.79 Å². The lowest BCUT2D eigenvalue weighted by Gasteiger charge is -2.57. The van der Waals surface area contributed by atoms with Gasteiger partial charge in [-0.05, 0) is 74.0 Å². The van der Waals surface area contributed by atoms with Gasteiger partial charge in [-0.3, -0.25) is 4.79 Å². The number of allylic oxidation sites excluding steroid dienone is 2. The van der Waals surface area contributed by atoms with E-state index in [4.69, 9.17) is 0 Å². The van der Waals surface area contributed by atoms with Gasteiger partial charge in [0.1, 0.15) is 5.78 Å². The van der Waals surface area contributed by atoms with Gasteiger partial charge in [0.2, 0.25) is 0 Å². The molecule has 116 valence electrons. The lowest BCUT2D eigenvalue weighted by atomic mass is 9.47. The van der Waals surface area contributed by atoms with Crippen molar-refractivity contribution in [3.63, 3.8) is 0 Å². The number of ketones is 1. The average molecular weight is 286 g/mol. The normalized spacial score (nSPS) is 49.7. The minimum Gasteiger partial charge on any atom is -0.299 e. The minimum atomic E-state index is 0.352. The van der Waals surface area contributed by atoms with Crippen molar-refractivity contribution in [3.05, 3.63) is 11.1 Å². The van der Waals surface area contributed by atoms with Crippen LogP contribution < -0.4 is 0 Å². The van der Waals surface area contributed by atoms with Crippen LogP contribution in [0.3, 0.4) is 0 Å². The monoisotopic (exact) mass is 286 g/mol. The van der Waals surface area contributed by atoms with Crippen LogP contribution in [0.5, 0.6) is 0 Å². The van der Waals surface area contributed by atoms with Gasteiger partial charge in [0.25, 0.3) is 0 Å². The van der Waals surface area contributed by atoms with Crippen molar-refractivity contribution < 1.29 is 4.79 Å². The molecule has 0 heterocycles. The zero-order valence-electron chi connectivity index (χ0n) is 14.0. The summed E-state index contributed by atoms with van der Waals surface area (Å²) >= 11 is 0. The van der Waals surface area contributed by atoms with Gasteiger partial charge in [-0.1, -0.05) is 31.4 Å². The fourth-order valence-electron chi connectivity index (χ4n) is 6.92. The fourth-order valence-corrected chi connectivity index (χ4v) is 6.92. The molecule has 0 spiro atoms. The van der Waals surface area contributed by atoms with Crippen LogP contribution in [0.15, 0.2) is 11.1 Å². The molecular formula is C20H30O. The second-order valence-corrected chi connectivity index (χ2v) is 9.06. The number of carbonyl (C=O) groups excluding carboxylic acids is 1. The van der Waals surface area contributed by atoms with E-state index in [1.54, 1.807) is 11.1 Å². The van der Waals surface area contributed by atoms with Crippen LogP contribution in [0.25, 0.3) is 0 Å². The Hall–Kier alpha value is -0.590. The van der Waals surface area contributed by atoms with E-state index in [0.29, 0.717) is 16.6 Å². The van der Waals surface area contributed by atoms with Gasteiger partial charge in [0, 0.05) is 12.8 Å². The Morgan fingerprint density at radius 3 is 2.67 bits per heavy atom. The average Bonchev–Trinajstić information content (AvgIpc) is 2.83. The Bertz CT molecular complexity index is 516. The zero-order chi connectivity index (χ0) is 14.8. The molecule has 0 N–H and O–H groups in total. The van der Waals surface area contributed by atoms with Crippen molar-refractivity contribution >= 4 is 5.78 Å². The molecule has 3 saturated carbocycles. The molecule has 0 aliphatic heterocycles. The van der Waals surface area contributed by atoms with Crippen LogP contribution in [0, 0.1) is 28.6 Å². The van der Waals surface area contributed by atoms with Crippen molar-refractivity contribution in [1.29, 1.82) is 0 Å². The topological polar surface area (TPSA) is 17.1 Å². The van der Waals surface area contributed by atoms with E-state index in [1.807, 2.05) is 0 Å². The minimum absolute atomic E-state index is 0.352. The molecule has 5 atom stereocenters. The maximum Gasteiger partial charge on any atom is 0.136 e. The van der Waals surface area contributed by atoms with Crippen molar-refractivity contribution in [1.82, 2.24) is 0 Å². The highest BCUT2D eigenvalue weighted by Gasteiger charge is 2.56. The molecular weight excluding hydrogens is 256 g/mol. The van der Waals surface area contributed by atoms with E-state index < -0.39 is 0 Å². The molecule has 4 aliphatic carbocycles. The molecule has 1 nitrogen and oxygen atoms in total. The van der Waals surface area contributed by atoms with Crippen LogP contribution in [0.1, 0.15) is 78.6 Å². The van der Waals surface area contributed by atoms with Gasteiger partial charge in [-0.2, -0.15) is 0 Å². The quantitative estimate of drug-likeness (QED) is 0.552. The SMILES string of the molecule is CC1=C2CC(=O)CC[C@]2(C)[C@H]2CC[C@]3(C)CCC[C@H]3[C@@H]2C1. The van der Waals surface area contributed by atoms with Gasteiger partial charge in [-0.25, -0.2) is 0 Å². The number of rotatable bonds is 0. The highest BCUT2D eigenvalue weighted by Crippen LogP contribution is 2.65. The summed E-state index contributed by atoms with van der Waals surface area (Å²) in [5.74, 6) is 3.22. The molecule has 0 radical (unpaired) electrons. The molecule has 0 saturated heterocycles. The summed E-state index contributed by atoms with van der Waals surface area (Å²) < 4.78 is 0. The maximum atomic E-state index is 12.0. The van der Waals surface area contributed by atoms with Crippen molar-refractivity contribution in [2.24, 2.45) is 28.6 Å². The second kappa shape index (κ2) is 4.46. The lowest BCUT2D eigenvalue weighted by molar-refractivity contribution is -0.122. The highest BCUT2D eigenvalue weighted by molar-refractivity contribution is 5.83. The smallest absolute Gasteiger partial charge is 0.136 e. The van der Waals surface area contributed by atoms with E-state index in [0.717, 1.165) is 37.0 Å². The summed E-state index contributed by atoms with van der Waals surface area (Å²) in [5, 5.41) is 0. The predicted octanol–water partition coefficient (Wildman–Crippen LogP) is 5.30. The highest BCUT2D eigenvalue weighted by atomic mass is 16.1. The van der Waals surface area contributed by atoms with E-state index in [2.05, 4.69) is 20.8 Å².